The first-order chi connectivity index (χ1) is 4.24. The Kier molecular flexibility index (Phi) is 1.59. The van der Waals surface area contributed by atoms with Crippen LogP contribution in [0.25, 0.3) is 0 Å². The molecule has 9 heavy (non-hydrogen) atoms. The maximum absolute atomic E-state index is 11.6. The van der Waals surface area contributed by atoms with Gasteiger partial charge in [-0.05, 0) is 0 Å². The Hall–Kier alpha value is -0.740. The molecule has 0 unspecified atom stereocenters. The lowest BCUT2D eigenvalue weighted by molar-refractivity contribution is -0.0239. The lowest BCUT2D eigenvalue weighted by atomic mass is 10.0. The Morgan fingerprint density at radius 2 is 2.11 bits per heavy atom. The van der Waals surface area contributed by atoms with E-state index in [1.54, 1.807) is 0 Å². The van der Waals surface area contributed by atoms with Gasteiger partial charge in [-0.15, -0.1) is 4.91 Å². The smallest absolute Gasteiger partial charge is 0.244 e. The molecular formula is C4H6F2N2O. The van der Waals surface area contributed by atoms with Gasteiger partial charge in [-0.3, -0.25) is 5.01 Å². The molecule has 0 amide bonds. The van der Waals surface area contributed by atoms with Crippen LogP contribution in [0.1, 0.15) is 0 Å². The van der Waals surface area contributed by atoms with Crippen LogP contribution in [0.4, 0.5) is 8.78 Å². The van der Waals surface area contributed by atoms with Gasteiger partial charge in [0.25, 0.3) is 0 Å². The second-order valence-corrected chi connectivity index (χ2v) is 2.05. The van der Waals surface area contributed by atoms with E-state index >= 15 is 0 Å². The number of halogens is 2. The van der Waals surface area contributed by atoms with Crippen LogP contribution in [0.2, 0.25) is 0 Å². The van der Waals surface area contributed by atoms with Crippen molar-refractivity contribution in [1.29, 1.82) is 0 Å². The minimum Gasteiger partial charge on any atom is -0.260 e. The van der Waals surface area contributed by atoms with E-state index in [1.807, 2.05) is 0 Å². The van der Waals surface area contributed by atoms with Crippen LogP contribution in [0.3, 0.4) is 0 Å². The van der Waals surface area contributed by atoms with Crippen molar-refractivity contribution >= 4 is 0 Å². The maximum atomic E-state index is 11.6. The van der Waals surface area contributed by atoms with Crippen LogP contribution in [0, 0.1) is 10.8 Å². The van der Waals surface area contributed by atoms with Crippen LogP contribution in [0.15, 0.2) is 5.29 Å². The molecule has 0 bridgehead atoms. The highest BCUT2D eigenvalue weighted by Crippen LogP contribution is 2.21. The number of hydrogen-bond acceptors (Lipinski definition) is 2. The number of alkyl halides is 2. The monoisotopic (exact) mass is 136 g/mol. The summed E-state index contributed by atoms with van der Waals surface area (Å²) in [6.45, 7) is 0.225. The Bertz CT molecular complexity index is 113. The summed E-state index contributed by atoms with van der Waals surface area (Å²) in [6, 6.07) is 0. The summed E-state index contributed by atoms with van der Waals surface area (Å²) in [5.41, 5.74) is 0. The zero-order chi connectivity index (χ0) is 6.85. The summed E-state index contributed by atoms with van der Waals surface area (Å²) in [6.07, 6.45) is -2.30. The van der Waals surface area contributed by atoms with Gasteiger partial charge in [-0.25, -0.2) is 8.78 Å². The largest absolute Gasteiger partial charge is 0.260 e. The second-order valence-electron chi connectivity index (χ2n) is 2.05. The van der Waals surface area contributed by atoms with E-state index in [9.17, 15) is 13.7 Å². The summed E-state index contributed by atoms with van der Waals surface area (Å²) >= 11 is 0. The van der Waals surface area contributed by atoms with Gasteiger partial charge in [-0.2, -0.15) is 0 Å². The average Bonchev–Trinajstić information content (AvgIpc) is 1.61. The molecule has 1 heterocycles. The van der Waals surface area contributed by atoms with Gasteiger partial charge in [0.05, 0.1) is 11.2 Å². The molecule has 1 rings (SSSR count). The Morgan fingerprint density at radius 1 is 1.56 bits per heavy atom. The van der Waals surface area contributed by atoms with Crippen LogP contribution in [-0.4, -0.2) is 24.5 Å². The van der Waals surface area contributed by atoms with Gasteiger partial charge in [0.2, 0.25) is 6.43 Å². The molecule has 0 N–H and O–H groups in total. The number of hydrogen-bond donors (Lipinski definition) is 0. The van der Waals surface area contributed by atoms with Crippen LogP contribution in [-0.2, 0) is 0 Å². The van der Waals surface area contributed by atoms with E-state index < -0.39 is 12.3 Å². The molecule has 1 saturated heterocycles. The highest BCUT2D eigenvalue weighted by molar-refractivity contribution is 4.78. The molecular weight excluding hydrogens is 130 g/mol. The Balaban J connectivity index is 2.19. The molecule has 1 fully saturated rings. The fraction of sp³-hybridized carbons (Fsp3) is 1.00. The maximum Gasteiger partial charge on any atom is 0.244 e. The van der Waals surface area contributed by atoms with Crippen molar-refractivity contribution in [2.24, 2.45) is 11.2 Å². The first kappa shape index (κ1) is 6.38. The zero-order valence-electron chi connectivity index (χ0n) is 4.63. The van der Waals surface area contributed by atoms with Gasteiger partial charge in [-0.1, -0.05) is 0 Å². The highest BCUT2D eigenvalue weighted by Gasteiger charge is 2.33. The van der Waals surface area contributed by atoms with Gasteiger partial charge in [0.15, 0.2) is 0 Å². The van der Waals surface area contributed by atoms with E-state index in [-0.39, 0.29) is 13.1 Å². The molecule has 0 spiro atoms. The van der Waals surface area contributed by atoms with Gasteiger partial charge in [0.1, 0.15) is 0 Å². The topological polar surface area (TPSA) is 32.7 Å². The molecule has 1 aliphatic rings. The average molecular weight is 136 g/mol. The minimum absolute atomic E-state index is 0.112. The van der Waals surface area contributed by atoms with Crippen LogP contribution < -0.4 is 0 Å². The molecule has 0 aliphatic carbocycles. The lowest BCUT2D eigenvalue weighted by Gasteiger charge is -2.33. The lowest BCUT2D eigenvalue weighted by Crippen LogP contribution is -2.46. The minimum atomic E-state index is -2.30. The Morgan fingerprint density at radius 3 is 2.44 bits per heavy atom. The van der Waals surface area contributed by atoms with E-state index in [0.717, 1.165) is 5.01 Å². The van der Waals surface area contributed by atoms with Crippen molar-refractivity contribution in [1.82, 2.24) is 5.01 Å². The predicted molar refractivity (Wildman–Crippen MR) is 26.9 cm³/mol. The standard InChI is InChI=1S/C4H6F2N2O/c5-4(6)3-1-8(2-3)7-9/h3-4H,1-2H2. The normalized spacial score (nSPS) is 20.1. The first-order valence-electron chi connectivity index (χ1n) is 2.60. The van der Waals surface area contributed by atoms with E-state index in [4.69, 9.17) is 0 Å². The molecule has 0 radical (unpaired) electrons. The summed E-state index contributed by atoms with van der Waals surface area (Å²) in [7, 11) is 0. The highest BCUT2D eigenvalue weighted by atomic mass is 19.3. The van der Waals surface area contributed by atoms with Crippen molar-refractivity contribution in [3.63, 3.8) is 0 Å². The zero-order valence-corrected chi connectivity index (χ0v) is 4.63. The van der Waals surface area contributed by atoms with Crippen molar-refractivity contribution in [2.75, 3.05) is 13.1 Å². The van der Waals surface area contributed by atoms with Crippen LogP contribution >= 0.6 is 0 Å². The quantitative estimate of drug-likeness (QED) is 0.527. The van der Waals surface area contributed by atoms with Crippen LogP contribution in [0.5, 0.6) is 0 Å². The molecule has 0 atom stereocenters. The third-order valence-electron chi connectivity index (χ3n) is 1.36. The van der Waals surface area contributed by atoms with Crippen molar-refractivity contribution < 1.29 is 8.78 Å². The SMILES string of the molecule is O=NN1CC(C(F)F)C1. The third kappa shape index (κ3) is 1.14. The summed E-state index contributed by atoms with van der Waals surface area (Å²) < 4.78 is 23.2. The molecule has 0 aromatic carbocycles. The number of rotatable bonds is 2. The first-order valence-corrected chi connectivity index (χ1v) is 2.60. The molecule has 5 heteroatoms. The molecule has 1 aliphatic heterocycles. The van der Waals surface area contributed by atoms with Gasteiger partial charge >= 0.3 is 0 Å². The molecule has 0 saturated carbocycles. The predicted octanol–water partition coefficient (Wildman–Crippen LogP) is 0.865. The molecule has 52 valence electrons. The second kappa shape index (κ2) is 2.24. The van der Waals surface area contributed by atoms with Crippen molar-refractivity contribution in [2.45, 2.75) is 6.43 Å². The van der Waals surface area contributed by atoms with Crippen molar-refractivity contribution in [3.8, 4) is 0 Å². The fourth-order valence-electron chi connectivity index (χ4n) is 0.714. The van der Waals surface area contributed by atoms with Gasteiger partial charge in [0, 0.05) is 13.1 Å². The summed E-state index contributed by atoms with van der Waals surface area (Å²) in [5.74, 6) is -0.636. The van der Waals surface area contributed by atoms with E-state index in [0.29, 0.717) is 0 Å². The van der Waals surface area contributed by atoms with Gasteiger partial charge < -0.3 is 0 Å². The number of nitrogens with zero attached hydrogens (tertiary/aromatic N) is 2. The molecule has 0 aromatic rings. The summed E-state index contributed by atoms with van der Waals surface area (Å²) in [5, 5.41) is 3.56. The summed E-state index contributed by atoms with van der Waals surface area (Å²) in [4.78, 5) is 9.59. The third-order valence-corrected chi connectivity index (χ3v) is 1.36. The van der Waals surface area contributed by atoms with E-state index in [1.165, 1.54) is 0 Å². The fourth-order valence-corrected chi connectivity index (χ4v) is 0.714. The molecule has 0 aromatic heterocycles. The Labute approximate surface area is 50.6 Å². The molecule has 3 nitrogen and oxygen atoms in total. The number of nitroso groups, excluding NO2 is 1. The van der Waals surface area contributed by atoms with Crippen molar-refractivity contribution in [3.05, 3.63) is 4.91 Å². The van der Waals surface area contributed by atoms with E-state index in [2.05, 4.69) is 5.29 Å².